The van der Waals surface area contributed by atoms with Crippen molar-refractivity contribution in [2.75, 3.05) is 11.9 Å². The van der Waals surface area contributed by atoms with Crippen LogP contribution in [0.1, 0.15) is 11.3 Å². The molecule has 0 saturated heterocycles. The molecule has 2 heterocycles. The number of hydrogen-bond acceptors (Lipinski definition) is 6. The SMILES string of the molecule is O=[N+]([O-])c1ccc(Nc2ncc3c(n2)CNCC3)cc1. The molecule has 1 aliphatic rings. The van der Waals surface area contributed by atoms with Crippen LogP contribution in [0, 0.1) is 10.1 Å². The second kappa shape index (κ2) is 5.22. The maximum absolute atomic E-state index is 10.6. The number of benzene rings is 1. The number of nitro groups is 1. The van der Waals surface area contributed by atoms with Crippen molar-refractivity contribution < 1.29 is 4.92 Å². The van der Waals surface area contributed by atoms with Crippen LogP contribution in [0.2, 0.25) is 0 Å². The molecule has 0 amide bonds. The lowest BCUT2D eigenvalue weighted by Crippen LogP contribution is -2.25. The molecule has 0 aliphatic carbocycles. The quantitative estimate of drug-likeness (QED) is 0.653. The lowest BCUT2D eigenvalue weighted by atomic mass is 10.1. The Morgan fingerprint density at radius 1 is 1.30 bits per heavy atom. The van der Waals surface area contributed by atoms with E-state index in [-0.39, 0.29) is 5.69 Å². The average Bonchev–Trinajstić information content (AvgIpc) is 2.48. The zero-order chi connectivity index (χ0) is 13.9. The van der Waals surface area contributed by atoms with E-state index in [1.807, 2.05) is 6.20 Å². The Hall–Kier alpha value is -2.54. The van der Waals surface area contributed by atoms with Crippen molar-refractivity contribution in [2.24, 2.45) is 0 Å². The summed E-state index contributed by atoms with van der Waals surface area (Å²) in [6.07, 6.45) is 2.77. The Morgan fingerprint density at radius 3 is 2.85 bits per heavy atom. The summed E-state index contributed by atoms with van der Waals surface area (Å²) in [5, 5.41) is 16.9. The van der Waals surface area contributed by atoms with E-state index in [9.17, 15) is 10.1 Å². The Labute approximate surface area is 115 Å². The van der Waals surface area contributed by atoms with Crippen molar-refractivity contribution in [1.82, 2.24) is 15.3 Å². The summed E-state index contributed by atoms with van der Waals surface area (Å²) in [5.41, 5.74) is 2.94. The predicted molar refractivity (Wildman–Crippen MR) is 73.8 cm³/mol. The molecule has 1 aromatic heterocycles. The third-order valence-corrected chi connectivity index (χ3v) is 3.15. The topological polar surface area (TPSA) is 93.0 Å². The normalized spacial score (nSPS) is 13.6. The molecule has 7 nitrogen and oxygen atoms in total. The molecule has 0 radical (unpaired) electrons. The monoisotopic (exact) mass is 271 g/mol. The van der Waals surface area contributed by atoms with Crippen molar-refractivity contribution in [1.29, 1.82) is 0 Å². The van der Waals surface area contributed by atoms with E-state index >= 15 is 0 Å². The van der Waals surface area contributed by atoms with E-state index in [1.165, 1.54) is 12.1 Å². The van der Waals surface area contributed by atoms with Gasteiger partial charge in [-0.25, -0.2) is 9.97 Å². The van der Waals surface area contributed by atoms with Crippen LogP contribution in [0.5, 0.6) is 0 Å². The molecule has 0 bridgehead atoms. The van der Waals surface area contributed by atoms with Crippen molar-refractivity contribution in [3.8, 4) is 0 Å². The van der Waals surface area contributed by atoms with E-state index in [4.69, 9.17) is 0 Å². The first-order chi connectivity index (χ1) is 9.72. The largest absolute Gasteiger partial charge is 0.324 e. The molecule has 2 N–H and O–H groups in total. The fourth-order valence-electron chi connectivity index (χ4n) is 2.09. The van der Waals surface area contributed by atoms with Gasteiger partial charge in [-0.15, -0.1) is 0 Å². The highest BCUT2D eigenvalue weighted by molar-refractivity contribution is 5.55. The molecule has 3 rings (SSSR count). The van der Waals surface area contributed by atoms with Gasteiger partial charge in [0.05, 0.1) is 10.6 Å². The summed E-state index contributed by atoms with van der Waals surface area (Å²) >= 11 is 0. The average molecular weight is 271 g/mol. The van der Waals surface area contributed by atoms with Gasteiger partial charge < -0.3 is 10.6 Å². The number of aromatic nitrogens is 2. The Bertz CT molecular complexity index is 642. The van der Waals surface area contributed by atoms with Crippen LogP contribution in [-0.2, 0) is 13.0 Å². The van der Waals surface area contributed by atoms with Crippen molar-refractivity contribution in [3.63, 3.8) is 0 Å². The molecular weight excluding hydrogens is 258 g/mol. The number of anilines is 2. The first-order valence-electron chi connectivity index (χ1n) is 6.29. The minimum absolute atomic E-state index is 0.0612. The second-order valence-corrected chi connectivity index (χ2v) is 4.52. The van der Waals surface area contributed by atoms with Crippen molar-refractivity contribution >= 4 is 17.3 Å². The predicted octanol–water partition coefficient (Wildman–Crippen LogP) is 1.77. The Morgan fingerprint density at radius 2 is 2.10 bits per heavy atom. The van der Waals surface area contributed by atoms with Crippen LogP contribution in [0.15, 0.2) is 30.5 Å². The lowest BCUT2D eigenvalue weighted by Gasteiger charge is -2.16. The first-order valence-corrected chi connectivity index (χ1v) is 6.29. The van der Waals surface area contributed by atoms with Crippen LogP contribution in [-0.4, -0.2) is 21.4 Å². The highest BCUT2D eigenvalue weighted by Gasteiger charge is 2.11. The number of hydrogen-bond donors (Lipinski definition) is 2. The molecule has 20 heavy (non-hydrogen) atoms. The number of nitrogens with one attached hydrogen (secondary N) is 2. The maximum atomic E-state index is 10.6. The molecule has 0 saturated carbocycles. The number of fused-ring (bicyclic) bond motifs is 1. The summed E-state index contributed by atoms with van der Waals surface area (Å²) in [4.78, 5) is 18.9. The summed E-state index contributed by atoms with van der Waals surface area (Å²) in [6.45, 7) is 1.69. The number of rotatable bonds is 3. The molecule has 0 atom stereocenters. The molecule has 2 aromatic rings. The smallest absolute Gasteiger partial charge is 0.269 e. The molecule has 0 spiro atoms. The molecule has 1 aliphatic heterocycles. The summed E-state index contributed by atoms with van der Waals surface area (Å²) in [7, 11) is 0. The Balaban J connectivity index is 1.78. The van der Waals surface area contributed by atoms with Crippen LogP contribution < -0.4 is 10.6 Å². The van der Waals surface area contributed by atoms with E-state index in [0.717, 1.165) is 36.5 Å². The van der Waals surface area contributed by atoms with E-state index in [2.05, 4.69) is 20.6 Å². The standard InChI is InChI=1S/C13H13N5O2/c19-18(20)11-3-1-10(2-4-11)16-13-15-7-9-5-6-14-8-12(9)17-13/h1-4,7,14H,5-6,8H2,(H,15,16,17). The van der Waals surface area contributed by atoms with E-state index in [0.29, 0.717) is 5.95 Å². The highest BCUT2D eigenvalue weighted by Crippen LogP contribution is 2.19. The maximum Gasteiger partial charge on any atom is 0.269 e. The van der Waals surface area contributed by atoms with Gasteiger partial charge in [0, 0.05) is 30.6 Å². The fraction of sp³-hybridized carbons (Fsp3) is 0.231. The van der Waals surface area contributed by atoms with Gasteiger partial charge in [-0.05, 0) is 30.7 Å². The zero-order valence-corrected chi connectivity index (χ0v) is 10.7. The van der Waals surface area contributed by atoms with Crippen molar-refractivity contribution in [2.45, 2.75) is 13.0 Å². The third kappa shape index (κ3) is 2.57. The Kier molecular flexibility index (Phi) is 3.26. The van der Waals surface area contributed by atoms with Crippen LogP contribution in [0.25, 0.3) is 0 Å². The molecule has 1 aromatic carbocycles. The molecule has 102 valence electrons. The lowest BCUT2D eigenvalue weighted by molar-refractivity contribution is -0.384. The van der Waals surface area contributed by atoms with Gasteiger partial charge >= 0.3 is 0 Å². The second-order valence-electron chi connectivity index (χ2n) is 4.52. The third-order valence-electron chi connectivity index (χ3n) is 3.15. The van der Waals surface area contributed by atoms with Gasteiger partial charge in [0.1, 0.15) is 0 Å². The van der Waals surface area contributed by atoms with Gasteiger partial charge in [-0.3, -0.25) is 10.1 Å². The summed E-state index contributed by atoms with van der Waals surface area (Å²) < 4.78 is 0. The number of non-ortho nitro benzene ring substituents is 1. The van der Waals surface area contributed by atoms with Gasteiger partial charge in [0.15, 0.2) is 0 Å². The molecule has 0 fully saturated rings. The van der Waals surface area contributed by atoms with Gasteiger partial charge in [0.2, 0.25) is 5.95 Å². The molecule has 7 heteroatoms. The van der Waals surface area contributed by atoms with Crippen LogP contribution in [0.4, 0.5) is 17.3 Å². The van der Waals surface area contributed by atoms with Crippen LogP contribution >= 0.6 is 0 Å². The minimum Gasteiger partial charge on any atom is -0.324 e. The van der Waals surface area contributed by atoms with Crippen molar-refractivity contribution in [3.05, 3.63) is 51.8 Å². The van der Waals surface area contributed by atoms with Gasteiger partial charge in [-0.1, -0.05) is 0 Å². The highest BCUT2D eigenvalue weighted by atomic mass is 16.6. The number of nitrogens with zero attached hydrogens (tertiary/aromatic N) is 3. The van der Waals surface area contributed by atoms with Gasteiger partial charge in [0.25, 0.3) is 5.69 Å². The molecular formula is C13H13N5O2. The zero-order valence-electron chi connectivity index (χ0n) is 10.7. The van der Waals surface area contributed by atoms with Gasteiger partial charge in [-0.2, -0.15) is 0 Å². The van der Waals surface area contributed by atoms with E-state index < -0.39 is 4.92 Å². The summed E-state index contributed by atoms with van der Waals surface area (Å²) in [6, 6.07) is 6.17. The van der Waals surface area contributed by atoms with Crippen LogP contribution in [0.3, 0.4) is 0 Å². The van der Waals surface area contributed by atoms with E-state index in [1.54, 1.807) is 12.1 Å². The minimum atomic E-state index is -0.426. The molecule has 0 unspecified atom stereocenters. The number of nitro benzene ring substituents is 1. The first kappa shape index (κ1) is 12.5. The fourth-order valence-corrected chi connectivity index (χ4v) is 2.09. The summed E-state index contributed by atoms with van der Waals surface area (Å²) in [5.74, 6) is 0.501.